The number of nitrogens with zero attached hydrogens (tertiary/aromatic N) is 1. The second-order valence-electron chi connectivity index (χ2n) is 5.24. The molecule has 0 saturated carbocycles. The molecule has 0 heterocycles. The van der Waals surface area contributed by atoms with Crippen molar-refractivity contribution in [2.45, 2.75) is 6.61 Å². The summed E-state index contributed by atoms with van der Waals surface area (Å²) >= 11 is 0. The van der Waals surface area contributed by atoms with E-state index in [4.69, 9.17) is 10.5 Å². The Labute approximate surface area is 135 Å². The topological polar surface area (TPSA) is 55.6 Å². The highest BCUT2D eigenvalue weighted by atomic mass is 19.1. The molecule has 2 aromatic rings. The number of carbonyl (C=O) groups is 1. The summed E-state index contributed by atoms with van der Waals surface area (Å²) in [5.41, 5.74) is 7.63. The molecule has 0 bridgehead atoms. The van der Waals surface area contributed by atoms with Crippen molar-refractivity contribution in [3.63, 3.8) is 0 Å². The van der Waals surface area contributed by atoms with Gasteiger partial charge in [0.05, 0.1) is 5.69 Å². The molecule has 1 amide bonds. The van der Waals surface area contributed by atoms with Crippen LogP contribution in [-0.4, -0.2) is 24.9 Å². The molecule has 4 nitrogen and oxygen atoms in total. The monoisotopic (exact) mass is 314 g/mol. The van der Waals surface area contributed by atoms with Gasteiger partial charge in [-0.3, -0.25) is 4.79 Å². The number of hydrogen-bond acceptors (Lipinski definition) is 3. The Morgan fingerprint density at radius 1 is 1.26 bits per heavy atom. The number of amides is 1. The highest BCUT2D eigenvalue weighted by Gasteiger charge is 2.05. The molecule has 0 aliphatic heterocycles. The number of rotatable bonds is 5. The fourth-order valence-corrected chi connectivity index (χ4v) is 1.89. The number of nitrogens with two attached hydrogens (primary N) is 1. The van der Waals surface area contributed by atoms with Gasteiger partial charge in [0.15, 0.2) is 0 Å². The van der Waals surface area contributed by atoms with E-state index in [0.29, 0.717) is 17.0 Å². The number of halogens is 1. The van der Waals surface area contributed by atoms with Crippen LogP contribution in [0.1, 0.15) is 11.1 Å². The summed E-state index contributed by atoms with van der Waals surface area (Å²) in [5, 5.41) is 0. The quantitative estimate of drug-likeness (QED) is 0.681. The van der Waals surface area contributed by atoms with E-state index in [-0.39, 0.29) is 18.3 Å². The van der Waals surface area contributed by atoms with Crippen molar-refractivity contribution in [2.75, 3.05) is 19.8 Å². The van der Waals surface area contributed by atoms with Crippen molar-refractivity contribution in [1.29, 1.82) is 0 Å². The van der Waals surface area contributed by atoms with Gasteiger partial charge >= 0.3 is 0 Å². The zero-order valence-electron chi connectivity index (χ0n) is 13.1. The minimum absolute atomic E-state index is 0.102. The van der Waals surface area contributed by atoms with Crippen molar-refractivity contribution in [1.82, 2.24) is 4.90 Å². The summed E-state index contributed by atoms with van der Waals surface area (Å²) in [7, 11) is 3.36. The average molecular weight is 314 g/mol. The maximum atomic E-state index is 13.5. The minimum Gasteiger partial charge on any atom is -0.487 e. The summed E-state index contributed by atoms with van der Waals surface area (Å²) in [6.45, 7) is 0.102. The Morgan fingerprint density at radius 3 is 2.65 bits per heavy atom. The standard InChI is InChI=1S/C18H19FN2O2/c1-21(2)18(22)10-8-13-7-9-17(16(20)11-13)23-12-14-5-3-4-6-15(14)19/h3-11H,12,20H2,1-2H3/b10-8-. The minimum atomic E-state index is -0.312. The molecule has 0 atom stereocenters. The van der Waals surface area contributed by atoms with Crippen LogP contribution < -0.4 is 10.5 Å². The Morgan fingerprint density at radius 2 is 2.00 bits per heavy atom. The number of benzene rings is 2. The third kappa shape index (κ3) is 4.57. The molecule has 5 heteroatoms. The van der Waals surface area contributed by atoms with Crippen LogP contribution in [0.2, 0.25) is 0 Å². The molecule has 2 aromatic carbocycles. The van der Waals surface area contributed by atoms with Gasteiger partial charge < -0.3 is 15.4 Å². The van der Waals surface area contributed by atoms with Gasteiger partial charge in [-0.05, 0) is 29.8 Å². The van der Waals surface area contributed by atoms with Gasteiger partial charge in [-0.1, -0.05) is 24.3 Å². The normalized spacial score (nSPS) is 10.7. The van der Waals surface area contributed by atoms with Crippen LogP contribution in [-0.2, 0) is 11.4 Å². The van der Waals surface area contributed by atoms with Crippen LogP contribution in [0.3, 0.4) is 0 Å². The molecule has 0 aliphatic carbocycles. The maximum absolute atomic E-state index is 13.5. The third-order valence-electron chi connectivity index (χ3n) is 3.23. The lowest BCUT2D eigenvalue weighted by molar-refractivity contribution is -0.123. The predicted molar refractivity (Wildman–Crippen MR) is 89.3 cm³/mol. The SMILES string of the molecule is CN(C)C(=O)/C=C\c1ccc(OCc2ccccc2F)c(N)c1. The molecule has 0 fully saturated rings. The van der Waals surface area contributed by atoms with Crippen molar-refractivity contribution >= 4 is 17.7 Å². The summed E-state index contributed by atoms with van der Waals surface area (Å²) in [5.74, 6) is 0.0561. The smallest absolute Gasteiger partial charge is 0.246 e. The predicted octanol–water partition coefficient (Wildman–Crippen LogP) is 3.09. The molecular weight excluding hydrogens is 295 g/mol. The first-order valence-electron chi connectivity index (χ1n) is 7.12. The van der Waals surface area contributed by atoms with Crippen LogP contribution in [0.15, 0.2) is 48.5 Å². The van der Waals surface area contributed by atoms with Crippen molar-refractivity contribution in [3.8, 4) is 5.75 Å². The lowest BCUT2D eigenvalue weighted by atomic mass is 10.1. The third-order valence-corrected chi connectivity index (χ3v) is 3.23. The summed E-state index contributed by atoms with van der Waals surface area (Å²) in [4.78, 5) is 13.0. The number of carbonyl (C=O) groups excluding carboxylic acids is 1. The first kappa shape index (κ1) is 16.5. The number of likely N-dealkylation sites (N-methyl/N-ethyl adjacent to an activating group) is 1. The molecule has 0 spiro atoms. The second-order valence-corrected chi connectivity index (χ2v) is 5.24. The van der Waals surface area contributed by atoms with Gasteiger partial charge in [0, 0.05) is 25.7 Å². The largest absolute Gasteiger partial charge is 0.487 e. The van der Waals surface area contributed by atoms with Gasteiger partial charge in [0.1, 0.15) is 18.2 Å². The van der Waals surface area contributed by atoms with E-state index in [0.717, 1.165) is 5.56 Å². The van der Waals surface area contributed by atoms with E-state index in [1.807, 2.05) is 0 Å². The van der Waals surface area contributed by atoms with Crippen LogP contribution >= 0.6 is 0 Å². The van der Waals surface area contributed by atoms with Crippen molar-refractivity contribution in [2.24, 2.45) is 0 Å². The van der Waals surface area contributed by atoms with Crippen LogP contribution in [0.4, 0.5) is 10.1 Å². The van der Waals surface area contributed by atoms with Crippen molar-refractivity contribution < 1.29 is 13.9 Å². The second kappa shape index (κ2) is 7.45. The molecule has 23 heavy (non-hydrogen) atoms. The molecule has 0 aromatic heterocycles. The van der Waals surface area contributed by atoms with E-state index < -0.39 is 0 Å². The highest BCUT2D eigenvalue weighted by molar-refractivity contribution is 5.91. The van der Waals surface area contributed by atoms with E-state index in [1.165, 1.54) is 17.0 Å². The summed E-state index contributed by atoms with van der Waals surface area (Å²) < 4.78 is 19.1. The van der Waals surface area contributed by atoms with Crippen LogP contribution in [0, 0.1) is 5.82 Å². The Balaban J connectivity index is 2.05. The van der Waals surface area contributed by atoms with Crippen LogP contribution in [0.25, 0.3) is 6.08 Å². The molecule has 0 aliphatic rings. The van der Waals surface area contributed by atoms with E-state index in [9.17, 15) is 9.18 Å². The zero-order chi connectivity index (χ0) is 16.8. The molecule has 120 valence electrons. The van der Waals surface area contributed by atoms with Gasteiger partial charge in [0.25, 0.3) is 0 Å². The van der Waals surface area contributed by atoms with Crippen LogP contribution in [0.5, 0.6) is 5.75 Å². The van der Waals surface area contributed by atoms with E-state index >= 15 is 0 Å². The summed E-state index contributed by atoms with van der Waals surface area (Å²) in [6, 6.07) is 11.6. The van der Waals surface area contributed by atoms with E-state index in [2.05, 4.69) is 0 Å². The molecule has 0 radical (unpaired) electrons. The zero-order valence-corrected chi connectivity index (χ0v) is 13.1. The molecule has 2 N–H and O–H groups in total. The molecule has 2 rings (SSSR count). The Hall–Kier alpha value is -2.82. The number of hydrogen-bond donors (Lipinski definition) is 1. The first-order valence-corrected chi connectivity index (χ1v) is 7.12. The lowest BCUT2D eigenvalue weighted by Crippen LogP contribution is -2.18. The fourth-order valence-electron chi connectivity index (χ4n) is 1.89. The Kier molecular flexibility index (Phi) is 5.36. The van der Waals surface area contributed by atoms with E-state index in [1.54, 1.807) is 56.6 Å². The molecular formula is C18H19FN2O2. The number of anilines is 1. The number of ether oxygens (including phenoxy) is 1. The first-order chi connectivity index (χ1) is 11.0. The average Bonchev–Trinajstić information content (AvgIpc) is 2.53. The van der Waals surface area contributed by atoms with Gasteiger partial charge in [-0.25, -0.2) is 4.39 Å². The number of nitrogen functional groups attached to an aromatic ring is 1. The highest BCUT2D eigenvalue weighted by Crippen LogP contribution is 2.24. The molecule has 0 saturated heterocycles. The lowest BCUT2D eigenvalue weighted by Gasteiger charge is -2.10. The van der Waals surface area contributed by atoms with Gasteiger partial charge in [-0.2, -0.15) is 0 Å². The molecule has 0 unspecified atom stereocenters. The van der Waals surface area contributed by atoms with Gasteiger partial charge in [0.2, 0.25) is 5.91 Å². The summed E-state index contributed by atoms with van der Waals surface area (Å²) in [6.07, 6.45) is 3.15. The fraction of sp³-hybridized carbons (Fsp3) is 0.167. The van der Waals surface area contributed by atoms with Gasteiger partial charge in [-0.15, -0.1) is 0 Å². The maximum Gasteiger partial charge on any atom is 0.246 e. The Bertz CT molecular complexity index is 727. The van der Waals surface area contributed by atoms with Crippen molar-refractivity contribution in [3.05, 3.63) is 65.5 Å².